The van der Waals surface area contributed by atoms with Gasteiger partial charge in [-0.15, -0.1) is 0 Å². The number of aromatic nitrogens is 4. The van der Waals surface area contributed by atoms with E-state index in [1.165, 1.54) is 10.9 Å². The Bertz CT molecular complexity index is 546. The fourth-order valence-corrected chi connectivity index (χ4v) is 1.37. The zero-order valence-electron chi connectivity index (χ0n) is 8.73. The first-order valence-electron chi connectivity index (χ1n) is 4.58. The summed E-state index contributed by atoms with van der Waals surface area (Å²) in [6.45, 7) is 0. The van der Waals surface area contributed by atoms with Crippen molar-refractivity contribution in [3.05, 3.63) is 24.0 Å². The second-order valence-corrected chi connectivity index (χ2v) is 3.33. The summed E-state index contributed by atoms with van der Waals surface area (Å²) in [6.07, 6.45) is -3.09. The quantitative estimate of drug-likeness (QED) is 0.823. The van der Waals surface area contributed by atoms with Gasteiger partial charge in [0.1, 0.15) is 0 Å². The number of alkyl halides is 3. The lowest BCUT2D eigenvalue weighted by molar-refractivity contribution is -0.141. The molecule has 0 spiro atoms. The monoisotopic (exact) mass is 243 g/mol. The fraction of sp³-hybridized carbons (Fsp3) is 0.222. The Balaban J connectivity index is 2.57. The average Bonchev–Trinajstić information content (AvgIpc) is 2.62. The molecule has 8 heteroatoms. The average molecular weight is 243 g/mol. The molecule has 0 atom stereocenters. The van der Waals surface area contributed by atoms with Crippen LogP contribution in [-0.4, -0.2) is 19.7 Å². The Morgan fingerprint density at radius 3 is 2.53 bits per heavy atom. The second-order valence-electron chi connectivity index (χ2n) is 3.33. The molecule has 0 aliphatic carbocycles. The van der Waals surface area contributed by atoms with Crippen LogP contribution in [0.3, 0.4) is 0 Å². The van der Waals surface area contributed by atoms with E-state index in [0.29, 0.717) is 5.69 Å². The van der Waals surface area contributed by atoms with Crippen molar-refractivity contribution in [3.8, 4) is 11.4 Å². The van der Waals surface area contributed by atoms with E-state index in [9.17, 15) is 13.2 Å². The van der Waals surface area contributed by atoms with Gasteiger partial charge >= 0.3 is 6.18 Å². The maximum atomic E-state index is 12.5. The zero-order chi connectivity index (χ0) is 12.6. The molecule has 2 heterocycles. The van der Waals surface area contributed by atoms with E-state index in [2.05, 4.69) is 15.1 Å². The maximum absolute atomic E-state index is 12.5. The molecule has 2 N–H and O–H groups in total. The number of rotatable bonds is 1. The van der Waals surface area contributed by atoms with Crippen LogP contribution in [0.25, 0.3) is 11.4 Å². The third-order valence-corrected chi connectivity index (χ3v) is 2.12. The van der Waals surface area contributed by atoms with E-state index >= 15 is 0 Å². The molecule has 0 amide bonds. The van der Waals surface area contributed by atoms with Gasteiger partial charge in [-0.2, -0.15) is 18.3 Å². The summed E-state index contributed by atoms with van der Waals surface area (Å²) in [4.78, 5) is 6.91. The first-order chi connectivity index (χ1) is 7.88. The minimum Gasteiger partial charge on any atom is -0.368 e. The Kier molecular flexibility index (Phi) is 2.49. The minimum atomic E-state index is -4.55. The number of halogens is 3. The van der Waals surface area contributed by atoms with Crippen LogP contribution >= 0.6 is 0 Å². The number of aryl methyl sites for hydroxylation is 1. The number of hydrogen-bond acceptors (Lipinski definition) is 4. The van der Waals surface area contributed by atoms with Crippen LogP contribution in [0.5, 0.6) is 0 Å². The number of nitrogens with zero attached hydrogens (tertiary/aromatic N) is 4. The molecule has 2 aromatic heterocycles. The molecule has 0 radical (unpaired) electrons. The molecule has 2 aromatic rings. The van der Waals surface area contributed by atoms with Crippen LogP contribution in [0.1, 0.15) is 5.69 Å². The maximum Gasteiger partial charge on any atom is 0.433 e. The SMILES string of the molecule is Cn1nccc1-c1cc(C(F)(F)F)nc(N)n1. The molecule has 0 bridgehead atoms. The fourth-order valence-electron chi connectivity index (χ4n) is 1.37. The van der Waals surface area contributed by atoms with Crippen LogP contribution in [0.15, 0.2) is 18.3 Å². The third-order valence-electron chi connectivity index (χ3n) is 2.12. The molecule has 0 saturated carbocycles. The molecule has 0 fully saturated rings. The number of nitrogens with two attached hydrogens (primary N) is 1. The number of anilines is 1. The number of nitrogen functional groups attached to an aromatic ring is 1. The summed E-state index contributed by atoms with van der Waals surface area (Å²) in [5.74, 6) is -0.420. The number of hydrogen-bond donors (Lipinski definition) is 1. The normalized spacial score (nSPS) is 11.8. The van der Waals surface area contributed by atoms with E-state index in [-0.39, 0.29) is 5.69 Å². The lowest BCUT2D eigenvalue weighted by Crippen LogP contribution is -2.11. The van der Waals surface area contributed by atoms with Gasteiger partial charge in [-0.05, 0) is 12.1 Å². The van der Waals surface area contributed by atoms with E-state index < -0.39 is 17.8 Å². The molecule has 17 heavy (non-hydrogen) atoms. The van der Waals surface area contributed by atoms with Crippen molar-refractivity contribution in [1.82, 2.24) is 19.7 Å². The Labute approximate surface area is 94.1 Å². The minimum absolute atomic E-state index is 0.0878. The van der Waals surface area contributed by atoms with Crippen molar-refractivity contribution < 1.29 is 13.2 Å². The van der Waals surface area contributed by atoms with Crippen molar-refractivity contribution in [2.75, 3.05) is 5.73 Å². The molecule has 0 aromatic carbocycles. The summed E-state index contributed by atoms with van der Waals surface area (Å²) in [5, 5.41) is 3.85. The van der Waals surface area contributed by atoms with Gasteiger partial charge in [0.2, 0.25) is 5.95 Å². The van der Waals surface area contributed by atoms with Gasteiger partial charge in [-0.1, -0.05) is 0 Å². The predicted molar refractivity (Wildman–Crippen MR) is 53.6 cm³/mol. The van der Waals surface area contributed by atoms with Crippen molar-refractivity contribution in [1.29, 1.82) is 0 Å². The molecule has 2 rings (SSSR count). The highest BCUT2D eigenvalue weighted by atomic mass is 19.4. The lowest BCUT2D eigenvalue weighted by Gasteiger charge is -2.08. The highest BCUT2D eigenvalue weighted by molar-refractivity contribution is 5.56. The first kappa shape index (κ1) is 11.4. The van der Waals surface area contributed by atoms with Gasteiger partial charge in [0.05, 0.1) is 11.4 Å². The summed E-state index contributed by atoms with van der Waals surface area (Å²) in [5.41, 5.74) is 4.71. The predicted octanol–water partition coefficient (Wildman–Crippen LogP) is 1.48. The molecule has 0 aliphatic heterocycles. The summed E-state index contributed by atoms with van der Waals surface area (Å²) in [7, 11) is 1.60. The van der Waals surface area contributed by atoms with Gasteiger partial charge in [-0.25, -0.2) is 9.97 Å². The molecular weight excluding hydrogens is 235 g/mol. The van der Waals surface area contributed by atoms with Crippen molar-refractivity contribution in [2.24, 2.45) is 7.05 Å². The van der Waals surface area contributed by atoms with E-state index in [4.69, 9.17) is 5.73 Å². The molecule has 0 saturated heterocycles. The van der Waals surface area contributed by atoms with Gasteiger partial charge in [-0.3, -0.25) is 4.68 Å². The highest BCUT2D eigenvalue weighted by Crippen LogP contribution is 2.30. The third kappa shape index (κ3) is 2.19. The first-order valence-corrected chi connectivity index (χ1v) is 4.58. The standard InChI is InChI=1S/C9H8F3N5/c1-17-6(2-3-14-17)5-4-7(9(10,11)12)16-8(13)15-5/h2-4H,1H3,(H2,13,15,16). The molecule has 0 unspecified atom stereocenters. The van der Waals surface area contributed by atoms with E-state index in [1.54, 1.807) is 13.1 Å². The largest absolute Gasteiger partial charge is 0.433 e. The molecular formula is C9H8F3N5. The Morgan fingerprint density at radius 1 is 1.29 bits per heavy atom. The lowest BCUT2D eigenvalue weighted by atomic mass is 10.2. The molecule has 0 aliphatic rings. The van der Waals surface area contributed by atoms with Crippen LogP contribution in [0, 0.1) is 0 Å². The van der Waals surface area contributed by atoms with Crippen molar-refractivity contribution in [3.63, 3.8) is 0 Å². The van der Waals surface area contributed by atoms with Gasteiger partial charge < -0.3 is 5.73 Å². The van der Waals surface area contributed by atoms with E-state index in [1.807, 2.05) is 0 Å². The van der Waals surface area contributed by atoms with Gasteiger partial charge in [0, 0.05) is 13.2 Å². The smallest absolute Gasteiger partial charge is 0.368 e. The molecule has 5 nitrogen and oxygen atoms in total. The summed E-state index contributed by atoms with van der Waals surface area (Å²) >= 11 is 0. The highest BCUT2D eigenvalue weighted by Gasteiger charge is 2.33. The topological polar surface area (TPSA) is 69.6 Å². The molecule has 90 valence electrons. The van der Waals surface area contributed by atoms with Crippen LogP contribution in [0.2, 0.25) is 0 Å². The van der Waals surface area contributed by atoms with Crippen molar-refractivity contribution in [2.45, 2.75) is 6.18 Å². The second kappa shape index (κ2) is 3.72. The van der Waals surface area contributed by atoms with Gasteiger partial charge in [0.25, 0.3) is 0 Å². The van der Waals surface area contributed by atoms with Crippen LogP contribution in [-0.2, 0) is 13.2 Å². The van der Waals surface area contributed by atoms with E-state index in [0.717, 1.165) is 6.07 Å². The Morgan fingerprint density at radius 2 is 2.00 bits per heavy atom. The Hall–Kier alpha value is -2.12. The zero-order valence-corrected chi connectivity index (χ0v) is 8.73. The van der Waals surface area contributed by atoms with Crippen LogP contribution in [0.4, 0.5) is 19.1 Å². The summed E-state index contributed by atoms with van der Waals surface area (Å²) in [6, 6.07) is 2.38. The van der Waals surface area contributed by atoms with Crippen LogP contribution < -0.4 is 5.73 Å². The summed E-state index contributed by atoms with van der Waals surface area (Å²) < 4.78 is 39.0. The van der Waals surface area contributed by atoms with Crippen molar-refractivity contribution >= 4 is 5.95 Å². The van der Waals surface area contributed by atoms with Gasteiger partial charge in [0.15, 0.2) is 5.69 Å².